The average molecular weight is 378 g/mol. The van der Waals surface area contributed by atoms with Crippen LogP contribution in [0.1, 0.15) is 18.2 Å². The van der Waals surface area contributed by atoms with E-state index in [0.29, 0.717) is 22.9 Å². The zero-order valence-electron chi connectivity index (χ0n) is 13.8. The van der Waals surface area contributed by atoms with Gasteiger partial charge in [0.15, 0.2) is 0 Å². The summed E-state index contributed by atoms with van der Waals surface area (Å²) in [5.41, 5.74) is 2.76. The molecule has 0 spiro atoms. The Labute approximate surface area is 155 Å². The maximum atomic E-state index is 12.5. The molecule has 25 heavy (non-hydrogen) atoms. The molecular formula is C17H17Cl2N5O. The van der Waals surface area contributed by atoms with Crippen molar-refractivity contribution in [1.82, 2.24) is 19.6 Å². The van der Waals surface area contributed by atoms with Gasteiger partial charge in [-0.1, -0.05) is 30.1 Å². The van der Waals surface area contributed by atoms with Gasteiger partial charge >= 0.3 is 0 Å². The van der Waals surface area contributed by atoms with Gasteiger partial charge in [0, 0.05) is 30.4 Å². The molecule has 2 heterocycles. The van der Waals surface area contributed by atoms with E-state index in [-0.39, 0.29) is 5.02 Å². The molecule has 0 unspecified atom stereocenters. The number of rotatable bonds is 5. The van der Waals surface area contributed by atoms with Gasteiger partial charge in [-0.25, -0.2) is 0 Å². The highest BCUT2D eigenvalue weighted by atomic mass is 35.5. The molecule has 0 saturated heterocycles. The van der Waals surface area contributed by atoms with Crippen molar-refractivity contribution < 1.29 is 0 Å². The summed E-state index contributed by atoms with van der Waals surface area (Å²) in [6.07, 6.45) is 4.32. The third-order valence-corrected chi connectivity index (χ3v) is 4.40. The molecule has 0 saturated carbocycles. The minimum Gasteiger partial charge on any atom is -0.378 e. The largest absolute Gasteiger partial charge is 0.378 e. The Morgan fingerprint density at radius 3 is 2.60 bits per heavy atom. The topological polar surface area (TPSA) is 64.7 Å². The fourth-order valence-electron chi connectivity index (χ4n) is 2.54. The number of halogens is 2. The number of benzene rings is 1. The summed E-state index contributed by atoms with van der Waals surface area (Å²) in [7, 11) is 1.88. The van der Waals surface area contributed by atoms with Crippen LogP contribution in [-0.4, -0.2) is 19.6 Å². The molecule has 0 aliphatic carbocycles. The van der Waals surface area contributed by atoms with E-state index in [9.17, 15) is 4.79 Å². The minimum atomic E-state index is -0.393. The first kappa shape index (κ1) is 17.5. The van der Waals surface area contributed by atoms with Gasteiger partial charge < -0.3 is 5.32 Å². The molecular weight excluding hydrogens is 361 g/mol. The normalized spacial score (nSPS) is 10.9. The lowest BCUT2D eigenvalue weighted by Crippen LogP contribution is -2.22. The molecule has 0 aliphatic rings. The van der Waals surface area contributed by atoms with Crippen LogP contribution in [0.4, 0.5) is 5.69 Å². The van der Waals surface area contributed by atoms with Gasteiger partial charge in [0.1, 0.15) is 5.02 Å². The molecule has 2 aromatic heterocycles. The molecule has 0 fully saturated rings. The van der Waals surface area contributed by atoms with Crippen molar-refractivity contribution in [1.29, 1.82) is 0 Å². The number of hydrogen-bond donors (Lipinski definition) is 1. The monoisotopic (exact) mass is 377 g/mol. The minimum absolute atomic E-state index is 0.0897. The first-order chi connectivity index (χ1) is 12.0. The van der Waals surface area contributed by atoms with Gasteiger partial charge in [-0.15, -0.1) is 0 Å². The predicted octanol–water partition coefficient (Wildman–Crippen LogP) is 3.45. The quantitative estimate of drug-likeness (QED) is 0.739. The van der Waals surface area contributed by atoms with Crippen molar-refractivity contribution in [3.63, 3.8) is 0 Å². The molecule has 1 N–H and O–H groups in total. The fourth-order valence-corrected chi connectivity index (χ4v) is 2.86. The van der Waals surface area contributed by atoms with E-state index < -0.39 is 5.56 Å². The number of hydrogen-bond acceptors (Lipinski definition) is 4. The third kappa shape index (κ3) is 3.70. The van der Waals surface area contributed by atoms with Gasteiger partial charge in [-0.2, -0.15) is 14.9 Å². The third-order valence-electron chi connectivity index (χ3n) is 3.79. The van der Waals surface area contributed by atoms with Crippen LogP contribution in [0.25, 0.3) is 5.69 Å². The smallest absolute Gasteiger partial charge is 0.292 e. The van der Waals surface area contributed by atoms with E-state index in [1.807, 2.05) is 20.2 Å². The van der Waals surface area contributed by atoms with Crippen molar-refractivity contribution in [2.75, 3.05) is 5.32 Å². The Balaban J connectivity index is 1.85. The molecule has 0 amide bonds. The van der Waals surface area contributed by atoms with Crippen molar-refractivity contribution in [3.8, 4) is 5.69 Å². The Bertz CT molecular complexity index is 947. The van der Waals surface area contributed by atoms with Gasteiger partial charge in [-0.05, 0) is 30.7 Å². The highest BCUT2D eigenvalue weighted by Crippen LogP contribution is 2.19. The lowest BCUT2D eigenvalue weighted by molar-refractivity contribution is 0.746. The van der Waals surface area contributed by atoms with Crippen LogP contribution in [0.5, 0.6) is 0 Å². The summed E-state index contributed by atoms with van der Waals surface area (Å²) < 4.78 is 3.01. The summed E-state index contributed by atoms with van der Waals surface area (Å²) in [6.45, 7) is 2.57. The standard InChI is InChI=1S/C17H17Cl2N5O/c1-3-14-11(10-23(2)22-14)8-20-15-9-21-24(17(25)16(15)19)13-6-4-12(18)5-7-13/h4-7,9-10,20H,3,8H2,1-2H3. The molecule has 1 aromatic carbocycles. The van der Waals surface area contributed by atoms with E-state index in [1.54, 1.807) is 35.1 Å². The van der Waals surface area contributed by atoms with E-state index in [4.69, 9.17) is 23.2 Å². The zero-order chi connectivity index (χ0) is 18.0. The van der Waals surface area contributed by atoms with Crippen molar-refractivity contribution in [2.45, 2.75) is 19.9 Å². The second-order valence-corrected chi connectivity index (χ2v) is 6.36. The van der Waals surface area contributed by atoms with E-state index in [2.05, 4.69) is 15.5 Å². The number of aromatic nitrogens is 4. The average Bonchev–Trinajstić information content (AvgIpc) is 2.97. The zero-order valence-corrected chi connectivity index (χ0v) is 15.3. The number of nitrogens with one attached hydrogen (secondary N) is 1. The number of anilines is 1. The van der Waals surface area contributed by atoms with Gasteiger partial charge in [0.25, 0.3) is 5.56 Å². The van der Waals surface area contributed by atoms with Gasteiger partial charge in [0.2, 0.25) is 0 Å². The highest BCUT2D eigenvalue weighted by Gasteiger charge is 2.12. The molecule has 130 valence electrons. The summed E-state index contributed by atoms with van der Waals surface area (Å²) in [6, 6.07) is 6.81. The summed E-state index contributed by atoms with van der Waals surface area (Å²) in [4.78, 5) is 12.5. The van der Waals surface area contributed by atoms with Crippen LogP contribution in [-0.2, 0) is 20.0 Å². The Kier molecular flexibility index (Phi) is 5.11. The molecule has 3 rings (SSSR count). The van der Waals surface area contributed by atoms with Gasteiger partial charge in [-0.3, -0.25) is 9.48 Å². The molecule has 3 aromatic rings. The van der Waals surface area contributed by atoms with E-state index in [1.165, 1.54) is 4.68 Å². The van der Waals surface area contributed by atoms with Crippen LogP contribution in [0.15, 0.2) is 41.5 Å². The molecule has 0 aliphatic heterocycles. The van der Waals surface area contributed by atoms with E-state index >= 15 is 0 Å². The van der Waals surface area contributed by atoms with Gasteiger partial charge in [0.05, 0.1) is 23.3 Å². The van der Waals surface area contributed by atoms with Crippen LogP contribution in [0.3, 0.4) is 0 Å². The molecule has 0 atom stereocenters. The maximum absolute atomic E-state index is 12.5. The van der Waals surface area contributed by atoms with Crippen LogP contribution >= 0.6 is 23.2 Å². The van der Waals surface area contributed by atoms with Crippen LogP contribution in [0.2, 0.25) is 10.0 Å². The van der Waals surface area contributed by atoms with Crippen molar-refractivity contribution in [3.05, 3.63) is 68.3 Å². The Hall–Kier alpha value is -2.31. The van der Waals surface area contributed by atoms with Crippen molar-refractivity contribution >= 4 is 28.9 Å². The second-order valence-electron chi connectivity index (χ2n) is 5.55. The first-order valence-electron chi connectivity index (χ1n) is 7.78. The maximum Gasteiger partial charge on any atom is 0.292 e. The SMILES string of the molecule is CCc1nn(C)cc1CNc1cnn(-c2ccc(Cl)cc2)c(=O)c1Cl. The lowest BCUT2D eigenvalue weighted by Gasteiger charge is -2.10. The predicted molar refractivity (Wildman–Crippen MR) is 99.8 cm³/mol. The van der Waals surface area contributed by atoms with Crippen LogP contribution < -0.4 is 10.9 Å². The molecule has 0 radical (unpaired) electrons. The Morgan fingerprint density at radius 1 is 1.20 bits per heavy atom. The molecule has 6 nitrogen and oxygen atoms in total. The molecule has 0 bridgehead atoms. The first-order valence-corrected chi connectivity index (χ1v) is 8.54. The summed E-state index contributed by atoms with van der Waals surface area (Å²) in [5.74, 6) is 0. The number of nitrogens with zero attached hydrogens (tertiary/aromatic N) is 4. The summed E-state index contributed by atoms with van der Waals surface area (Å²) >= 11 is 12.1. The Morgan fingerprint density at radius 2 is 1.92 bits per heavy atom. The molecule has 8 heteroatoms. The highest BCUT2D eigenvalue weighted by molar-refractivity contribution is 6.33. The van der Waals surface area contributed by atoms with Crippen LogP contribution in [0, 0.1) is 0 Å². The van der Waals surface area contributed by atoms with E-state index in [0.717, 1.165) is 17.7 Å². The second kappa shape index (κ2) is 7.29. The fraction of sp³-hybridized carbons (Fsp3) is 0.235. The summed E-state index contributed by atoms with van der Waals surface area (Å²) in [5, 5.41) is 12.4. The number of aryl methyl sites for hydroxylation is 2. The van der Waals surface area contributed by atoms with Crippen molar-refractivity contribution in [2.24, 2.45) is 7.05 Å². The lowest BCUT2D eigenvalue weighted by atomic mass is 10.2.